The summed E-state index contributed by atoms with van der Waals surface area (Å²) in [6, 6.07) is 6.33. The molecule has 1 aliphatic rings. The zero-order valence-electron chi connectivity index (χ0n) is 14.3. The number of carbonyl (C=O) groups is 1. The van der Waals surface area contributed by atoms with E-state index in [-0.39, 0.29) is 11.9 Å². The number of methoxy groups -OCH3 is 1. The molecular weight excluding hydrogens is 276 g/mol. The van der Waals surface area contributed by atoms with E-state index in [1.807, 2.05) is 36.9 Å². The van der Waals surface area contributed by atoms with E-state index in [0.717, 1.165) is 29.8 Å². The van der Waals surface area contributed by atoms with Crippen molar-refractivity contribution in [2.75, 3.05) is 12.4 Å². The molecule has 1 heterocycles. The van der Waals surface area contributed by atoms with Crippen LogP contribution in [-0.2, 0) is 4.79 Å². The Kier molecular flexibility index (Phi) is 5.33. The Labute approximate surface area is 133 Å². The summed E-state index contributed by atoms with van der Waals surface area (Å²) in [7, 11) is 1.65. The second-order valence-corrected chi connectivity index (χ2v) is 6.44. The van der Waals surface area contributed by atoms with Gasteiger partial charge in [-0.2, -0.15) is 0 Å². The summed E-state index contributed by atoms with van der Waals surface area (Å²) in [4.78, 5) is 14.9. The van der Waals surface area contributed by atoms with Gasteiger partial charge in [0.2, 0.25) is 5.91 Å². The Hall–Kier alpha value is -1.71. The van der Waals surface area contributed by atoms with Crippen LogP contribution >= 0.6 is 0 Å². The summed E-state index contributed by atoms with van der Waals surface area (Å²) >= 11 is 0. The molecule has 3 unspecified atom stereocenters. The molecule has 0 saturated carbocycles. The molecule has 0 radical (unpaired) electrons. The van der Waals surface area contributed by atoms with Gasteiger partial charge in [-0.05, 0) is 64.7 Å². The van der Waals surface area contributed by atoms with E-state index in [0.29, 0.717) is 12.1 Å². The van der Waals surface area contributed by atoms with Gasteiger partial charge in [0, 0.05) is 12.1 Å². The molecule has 1 saturated heterocycles. The summed E-state index contributed by atoms with van der Waals surface area (Å²) in [5.74, 6) is 0.938. The fraction of sp³-hybridized carbons (Fsp3) is 0.611. The molecule has 0 spiro atoms. The molecule has 22 heavy (non-hydrogen) atoms. The first-order valence-corrected chi connectivity index (χ1v) is 8.17. The first kappa shape index (κ1) is 16.7. The van der Waals surface area contributed by atoms with E-state index in [2.05, 4.69) is 19.2 Å². The molecule has 1 aromatic carbocycles. The number of piperidine rings is 1. The third kappa shape index (κ3) is 3.54. The maximum atomic E-state index is 12.8. The van der Waals surface area contributed by atoms with Gasteiger partial charge in [-0.25, -0.2) is 0 Å². The second kappa shape index (κ2) is 7.03. The van der Waals surface area contributed by atoms with E-state index < -0.39 is 0 Å². The number of ether oxygens (including phenoxy) is 1. The van der Waals surface area contributed by atoms with Crippen LogP contribution in [0.15, 0.2) is 18.2 Å². The zero-order chi connectivity index (χ0) is 16.3. The molecular formula is C18H28N2O2. The van der Waals surface area contributed by atoms with Crippen LogP contribution in [0.4, 0.5) is 5.69 Å². The molecule has 1 aromatic rings. The van der Waals surface area contributed by atoms with Crippen LogP contribution in [0, 0.1) is 6.92 Å². The number of nitrogens with zero attached hydrogens (tertiary/aromatic N) is 1. The lowest BCUT2D eigenvalue weighted by Crippen LogP contribution is -2.52. The van der Waals surface area contributed by atoms with Crippen molar-refractivity contribution in [3.63, 3.8) is 0 Å². The number of hydrogen-bond acceptors (Lipinski definition) is 3. The largest absolute Gasteiger partial charge is 0.495 e. The van der Waals surface area contributed by atoms with Gasteiger partial charge >= 0.3 is 0 Å². The molecule has 1 amide bonds. The summed E-state index contributed by atoms with van der Waals surface area (Å²) in [6.45, 7) is 8.26. The minimum atomic E-state index is -0.265. The van der Waals surface area contributed by atoms with Crippen molar-refractivity contribution in [3.8, 4) is 5.75 Å². The number of hydrogen-bond donors (Lipinski definition) is 1. The standard InChI is InChI=1S/C18H28N2O2/c1-12-9-10-17(22-5)16(11-12)19-15(4)18(21)20-13(2)7-6-8-14(20)3/h9-11,13-15,19H,6-8H2,1-5H3. The minimum Gasteiger partial charge on any atom is -0.495 e. The number of likely N-dealkylation sites (tertiary alicyclic amines) is 1. The van der Waals surface area contributed by atoms with Crippen molar-refractivity contribution in [1.29, 1.82) is 0 Å². The monoisotopic (exact) mass is 304 g/mol. The van der Waals surface area contributed by atoms with Crippen LogP contribution in [0.25, 0.3) is 0 Å². The zero-order valence-corrected chi connectivity index (χ0v) is 14.3. The second-order valence-electron chi connectivity index (χ2n) is 6.44. The van der Waals surface area contributed by atoms with Crippen molar-refractivity contribution in [2.24, 2.45) is 0 Å². The molecule has 1 N–H and O–H groups in total. The average molecular weight is 304 g/mol. The lowest BCUT2D eigenvalue weighted by atomic mass is 9.96. The van der Waals surface area contributed by atoms with Gasteiger partial charge in [-0.3, -0.25) is 4.79 Å². The van der Waals surface area contributed by atoms with E-state index in [9.17, 15) is 4.79 Å². The van der Waals surface area contributed by atoms with Gasteiger partial charge in [0.15, 0.2) is 0 Å². The maximum Gasteiger partial charge on any atom is 0.245 e. The predicted octanol–water partition coefficient (Wildman–Crippen LogP) is 3.59. The van der Waals surface area contributed by atoms with Crippen LogP contribution in [0.2, 0.25) is 0 Å². The van der Waals surface area contributed by atoms with E-state index in [1.165, 1.54) is 6.42 Å². The van der Waals surface area contributed by atoms with Crippen LogP contribution in [-0.4, -0.2) is 36.0 Å². The Bertz CT molecular complexity index is 520. The van der Waals surface area contributed by atoms with Crippen LogP contribution in [0.3, 0.4) is 0 Å². The molecule has 3 atom stereocenters. The van der Waals surface area contributed by atoms with Gasteiger partial charge in [-0.15, -0.1) is 0 Å². The molecule has 0 aromatic heterocycles. The number of aryl methyl sites for hydroxylation is 1. The van der Waals surface area contributed by atoms with E-state index >= 15 is 0 Å². The molecule has 4 nitrogen and oxygen atoms in total. The molecule has 0 bridgehead atoms. The number of amides is 1. The van der Waals surface area contributed by atoms with Crippen molar-refractivity contribution in [2.45, 2.75) is 65.1 Å². The highest BCUT2D eigenvalue weighted by Crippen LogP contribution is 2.28. The summed E-state index contributed by atoms with van der Waals surface area (Å²) in [5.41, 5.74) is 2.02. The Balaban J connectivity index is 2.13. The molecule has 1 aliphatic heterocycles. The number of rotatable bonds is 4. The van der Waals surface area contributed by atoms with Crippen molar-refractivity contribution >= 4 is 11.6 Å². The topological polar surface area (TPSA) is 41.6 Å². The highest BCUT2D eigenvalue weighted by atomic mass is 16.5. The van der Waals surface area contributed by atoms with Gasteiger partial charge < -0.3 is 15.0 Å². The third-order valence-electron chi connectivity index (χ3n) is 4.55. The fourth-order valence-corrected chi connectivity index (χ4v) is 3.31. The summed E-state index contributed by atoms with van der Waals surface area (Å²) < 4.78 is 5.38. The van der Waals surface area contributed by atoms with Crippen molar-refractivity contribution in [3.05, 3.63) is 23.8 Å². The van der Waals surface area contributed by atoms with Crippen LogP contribution < -0.4 is 10.1 Å². The number of anilines is 1. The third-order valence-corrected chi connectivity index (χ3v) is 4.55. The van der Waals surface area contributed by atoms with Gasteiger partial charge in [-0.1, -0.05) is 6.07 Å². The van der Waals surface area contributed by atoms with E-state index in [1.54, 1.807) is 7.11 Å². The summed E-state index contributed by atoms with van der Waals surface area (Å²) in [6.07, 6.45) is 3.40. The Morgan fingerprint density at radius 1 is 1.32 bits per heavy atom. The smallest absolute Gasteiger partial charge is 0.245 e. The van der Waals surface area contributed by atoms with Gasteiger partial charge in [0.1, 0.15) is 11.8 Å². The molecule has 0 aliphatic carbocycles. The average Bonchev–Trinajstić information content (AvgIpc) is 2.47. The Morgan fingerprint density at radius 2 is 1.95 bits per heavy atom. The van der Waals surface area contributed by atoms with Gasteiger partial charge in [0.25, 0.3) is 0 Å². The lowest BCUT2D eigenvalue weighted by molar-refractivity contribution is -0.137. The van der Waals surface area contributed by atoms with Gasteiger partial charge in [0.05, 0.1) is 12.8 Å². The molecule has 1 fully saturated rings. The van der Waals surface area contributed by atoms with Crippen molar-refractivity contribution < 1.29 is 9.53 Å². The number of benzene rings is 1. The molecule has 122 valence electrons. The Morgan fingerprint density at radius 3 is 2.55 bits per heavy atom. The molecule has 4 heteroatoms. The summed E-state index contributed by atoms with van der Waals surface area (Å²) in [5, 5.41) is 3.32. The predicted molar refractivity (Wildman–Crippen MR) is 90.4 cm³/mol. The normalized spacial score (nSPS) is 23.0. The highest BCUT2D eigenvalue weighted by molar-refractivity contribution is 5.85. The lowest BCUT2D eigenvalue weighted by Gasteiger charge is -2.40. The first-order valence-electron chi connectivity index (χ1n) is 8.17. The minimum absolute atomic E-state index is 0.170. The molecule has 2 rings (SSSR count). The van der Waals surface area contributed by atoms with E-state index in [4.69, 9.17) is 4.74 Å². The first-order chi connectivity index (χ1) is 10.4. The SMILES string of the molecule is COc1ccc(C)cc1NC(C)C(=O)N1C(C)CCCC1C. The van der Waals surface area contributed by atoms with Crippen molar-refractivity contribution in [1.82, 2.24) is 4.90 Å². The number of carbonyl (C=O) groups excluding carboxylic acids is 1. The number of nitrogens with one attached hydrogen (secondary N) is 1. The van der Waals surface area contributed by atoms with Crippen LogP contribution in [0.5, 0.6) is 5.75 Å². The van der Waals surface area contributed by atoms with Crippen LogP contribution in [0.1, 0.15) is 45.6 Å². The highest BCUT2D eigenvalue weighted by Gasteiger charge is 2.31. The maximum absolute atomic E-state index is 12.8. The fourth-order valence-electron chi connectivity index (χ4n) is 3.31. The quantitative estimate of drug-likeness (QED) is 0.924.